The molecule has 0 unspecified atom stereocenters. The minimum Gasteiger partial charge on any atom is -0.334 e. The quantitative estimate of drug-likeness (QED) is 0.439. The summed E-state index contributed by atoms with van der Waals surface area (Å²) in [5, 5.41) is 8.20. The zero-order chi connectivity index (χ0) is 18.8. The van der Waals surface area contributed by atoms with Gasteiger partial charge in [-0.2, -0.15) is 9.97 Å². The Kier molecular flexibility index (Phi) is 3.99. The van der Waals surface area contributed by atoms with Gasteiger partial charge in [0, 0.05) is 22.3 Å². The van der Waals surface area contributed by atoms with Crippen molar-refractivity contribution >= 4 is 0 Å². The van der Waals surface area contributed by atoms with Crippen LogP contribution in [-0.2, 0) is 0 Å². The molecule has 0 aliphatic heterocycles. The molecule has 6 nitrogen and oxygen atoms in total. The van der Waals surface area contributed by atoms with Crippen LogP contribution in [0.2, 0.25) is 0 Å². The number of benzene rings is 3. The molecule has 2 heterocycles. The summed E-state index contributed by atoms with van der Waals surface area (Å²) in [6.45, 7) is 0. The van der Waals surface area contributed by atoms with Crippen molar-refractivity contribution in [3.05, 3.63) is 84.9 Å². The highest BCUT2D eigenvalue weighted by Crippen LogP contribution is 2.27. The zero-order valence-corrected chi connectivity index (χ0v) is 14.7. The van der Waals surface area contributed by atoms with Gasteiger partial charge in [0.05, 0.1) is 0 Å². The van der Waals surface area contributed by atoms with E-state index in [-0.39, 0.29) is 0 Å². The van der Waals surface area contributed by atoms with E-state index < -0.39 is 0 Å². The molecule has 0 amide bonds. The number of rotatable bonds is 4. The van der Waals surface area contributed by atoms with Crippen molar-refractivity contribution < 1.29 is 9.05 Å². The zero-order valence-electron chi connectivity index (χ0n) is 14.7. The molecule has 0 radical (unpaired) electrons. The first-order valence-corrected chi connectivity index (χ1v) is 8.76. The molecule has 0 spiro atoms. The summed E-state index contributed by atoms with van der Waals surface area (Å²) in [5.41, 5.74) is 3.38. The van der Waals surface area contributed by atoms with E-state index in [1.807, 2.05) is 84.9 Å². The van der Waals surface area contributed by atoms with E-state index in [1.165, 1.54) is 0 Å². The summed E-state index contributed by atoms with van der Waals surface area (Å²) in [6.07, 6.45) is 0. The van der Waals surface area contributed by atoms with Gasteiger partial charge in [-0.3, -0.25) is 0 Å². The average Bonchev–Trinajstić information content (AvgIpc) is 3.46. The van der Waals surface area contributed by atoms with Crippen LogP contribution in [0.1, 0.15) is 0 Å². The van der Waals surface area contributed by atoms with E-state index >= 15 is 0 Å². The predicted octanol–water partition coefficient (Wildman–Crippen LogP) is 5.12. The minimum atomic E-state index is 0.479. The Labute approximate surface area is 160 Å². The van der Waals surface area contributed by atoms with Crippen molar-refractivity contribution in [1.82, 2.24) is 20.3 Å². The highest BCUT2D eigenvalue weighted by atomic mass is 16.5. The molecular weight excluding hydrogens is 352 g/mol. The third-order valence-electron chi connectivity index (χ3n) is 4.27. The van der Waals surface area contributed by atoms with Crippen LogP contribution in [0, 0.1) is 0 Å². The standard InChI is InChI=1S/C22H14N4O2/c1-3-8-15(9-4-1)21-23-19(25-27-21)17-12-7-13-18(14-17)20-24-22(28-26-20)16-10-5-2-6-11-16/h1-14H. The van der Waals surface area contributed by atoms with E-state index in [0.717, 1.165) is 22.3 Å². The molecule has 0 bridgehead atoms. The molecule has 3 aromatic carbocycles. The van der Waals surface area contributed by atoms with Gasteiger partial charge in [-0.15, -0.1) is 0 Å². The van der Waals surface area contributed by atoms with E-state index in [0.29, 0.717) is 23.4 Å². The van der Waals surface area contributed by atoms with Crippen LogP contribution in [0.25, 0.3) is 45.7 Å². The molecule has 2 aromatic heterocycles. The van der Waals surface area contributed by atoms with Gasteiger partial charge >= 0.3 is 0 Å². The molecule has 5 aromatic rings. The highest BCUT2D eigenvalue weighted by molar-refractivity contribution is 5.68. The Hall–Kier alpha value is -4.06. The highest BCUT2D eigenvalue weighted by Gasteiger charge is 2.14. The molecule has 0 fully saturated rings. The summed E-state index contributed by atoms with van der Waals surface area (Å²) >= 11 is 0. The van der Waals surface area contributed by atoms with E-state index in [9.17, 15) is 0 Å². The second-order valence-electron chi connectivity index (χ2n) is 6.16. The van der Waals surface area contributed by atoms with Crippen LogP contribution in [0.4, 0.5) is 0 Å². The Bertz CT molecular complexity index is 1120. The molecule has 134 valence electrons. The first kappa shape index (κ1) is 16.1. The van der Waals surface area contributed by atoms with Crippen LogP contribution in [-0.4, -0.2) is 20.3 Å². The van der Waals surface area contributed by atoms with Gasteiger partial charge in [-0.25, -0.2) is 0 Å². The molecule has 6 heteroatoms. The molecule has 0 saturated carbocycles. The van der Waals surface area contributed by atoms with Gasteiger partial charge < -0.3 is 9.05 Å². The van der Waals surface area contributed by atoms with Crippen molar-refractivity contribution in [3.63, 3.8) is 0 Å². The lowest BCUT2D eigenvalue weighted by molar-refractivity contribution is 0.432. The van der Waals surface area contributed by atoms with Crippen LogP contribution < -0.4 is 0 Å². The number of hydrogen-bond donors (Lipinski definition) is 0. The van der Waals surface area contributed by atoms with Crippen molar-refractivity contribution in [3.8, 4) is 45.7 Å². The second kappa shape index (κ2) is 6.92. The van der Waals surface area contributed by atoms with Gasteiger partial charge in [0.25, 0.3) is 11.8 Å². The Morgan fingerprint density at radius 3 is 1.36 bits per heavy atom. The lowest BCUT2D eigenvalue weighted by Crippen LogP contribution is -1.85. The van der Waals surface area contributed by atoms with Gasteiger partial charge in [-0.05, 0) is 30.3 Å². The first-order chi connectivity index (χ1) is 13.9. The second-order valence-corrected chi connectivity index (χ2v) is 6.16. The summed E-state index contributed by atoms with van der Waals surface area (Å²) in [6, 6.07) is 27.0. The lowest BCUT2D eigenvalue weighted by Gasteiger charge is -1.97. The SMILES string of the molecule is c1ccc(-c2nc(-c3cccc(-c4noc(-c5ccccc5)n4)c3)no2)cc1. The Morgan fingerprint density at radius 1 is 0.464 bits per heavy atom. The number of aromatic nitrogens is 4. The van der Waals surface area contributed by atoms with E-state index in [2.05, 4.69) is 20.3 Å². The molecule has 0 atom stereocenters. The topological polar surface area (TPSA) is 77.8 Å². The monoisotopic (exact) mass is 366 g/mol. The molecular formula is C22H14N4O2. The molecule has 0 aliphatic rings. The summed E-state index contributed by atoms with van der Waals surface area (Å²) in [5.74, 6) is 1.97. The smallest absolute Gasteiger partial charge is 0.258 e. The fraction of sp³-hybridized carbons (Fsp3) is 0. The molecule has 5 rings (SSSR count). The largest absolute Gasteiger partial charge is 0.334 e. The Balaban J connectivity index is 1.46. The van der Waals surface area contributed by atoms with Crippen molar-refractivity contribution in [1.29, 1.82) is 0 Å². The van der Waals surface area contributed by atoms with Crippen LogP contribution >= 0.6 is 0 Å². The minimum absolute atomic E-state index is 0.479. The predicted molar refractivity (Wildman–Crippen MR) is 104 cm³/mol. The lowest BCUT2D eigenvalue weighted by atomic mass is 10.1. The van der Waals surface area contributed by atoms with E-state index in [4.69, 9.17) is 9.05 Å². The average molecular weight is 366 g/mol. The summed E-state index contributed by atoms with van der Waals surface area (Å²) in [7, 11) is 0. The fourth-order valence-electron chi connectivity index (χ4n) is 2.87. The third kappa shape index (κ3) is 3.07. The van der Waals surface area contributed by atoms with Crippen molar-refractivity contribution in [2.45, 2.75) is 0 Å². The molecule has 0 saturated heterocycles. The molecule has 0 N–H and O–H groups in total. The van der Waals surface area contributed by atoms with Crippen molar-refractivity contribution in [2.75, 3.05) is 0 Å². The summed E-state index contributed by atoms with van der Waals surface area (Å²) in [4.78, 5) is 8.99. The van der Waals surface area contributed by atoms with Gasteiger partial charge in [-0.1, -0.05) is 64.9 Å². The molecule has 0 aliphatic carbocycles. The van der Waals surface area contributed by atoms with Crippen LogP contribution in [0.5, 0.6) is 0 Å². The molecule has 28 heavy (non-hydrogen) atoms. The van der Waals surface area contributed by atoms with Gasteiger partial charge in [0.1, 0.15) is 0 Å². The fourth-order valence-corrected chi connectivity index (χ4v) is 2.87. The third-order valence-corrected chi connectivity index (χ3v) is 4.27. The normalized spacial score (nSPS) is 10.9. The number of hydrogen-bond acceptors (Lipinski definition) is 6. The maximum atomic E-state index is 5.40. The van der Waals surface area contributed by atoms with E-state index in [1.54, 1.807) is 0 Å². The first-order valence-electron chi connectivity index (χ1n) is 8.76. The Morgan fingerprint density at radius 2 is 0.893 bits per heavy atom. The summed E-state index contributed by atoms with van der Waals surface area (Å²) < 4.78 is 10.8. The van der Waals surface area contributed by atoms with Gasteiger partial charge in [0.2, 0.25) is 11.6 Å². The van der Waals surface area contributed by atoms with Gasteiger partial charge in [0.15, 0.2) is 0 Å². The van der Waals surface area contributed by atoms with Crippen molar-refractivity contribution in [2.24, 2.45) is 0 Å². The van der Waals surface area contributed by atoms with Crippen LogP contribution in [0.3, 0.4) is 0 Å². The maximum Gasteiger partial charge on any atom is 0.258 e. The maximum absolute atomic E-state index is 5.40. The van der Waals surface area contributed by atoms with Crippen LogP contribution in [0.15, 0.2) is 94.0 Å². The number of nitrogens with zero attached hydrogens (tertiary/aromatic N) is 4.